The molecule has 8 nitrogen and oxygen atoms in total. The third-order valence-electron chi connectivity index (χ3n) is 4.23. The second-order valence-electron chi connectivity index (χ2n) is 6.19. The van der Waals surface area contributed by atoms with Gasteiger partial charge in [0, 0.05) is 32.1 Å². The molecule has 1 aliphatic heterocycles. The van der Waals surface area contributed by atoms with Crippen molar-refractivity contribution in [2.24, 2.45) is 5.92 Å². The summed E-state index contributed by atoms with van der Waals surface area (Å²) >= 11 is 0. The molecule has 2 fully saturated rings. The first-order chi connectivity index (χ1) is 11.6. The normalized spacial score (nSPS) is 18.2. The van der Waals surface area contributed by atoms with Gasteiger partial charge in [-0.3, -0.25) is 19.8 Å². The Morgan fingerprint density at radius 1 is 1.17 bits per heavy atom. The minimum atomic E-state index is -0.543. The molecule has 1 aromatic rings. The lowest BCUT2D eigenvalue weighted by atomic mass is 10.2. The number of furan rings is 1. The maximum absolute atomic E-state index is 12.0. The van der Waals surface area contributed by atoms with Gasteiger partial charge < -0.3 is 14.6 Å². The van der Waals surface area contributed by atoms with Crippen molar-refractivity contribution in [1.29, 1.82) is 0 Å². The van der Waals surface area contributed by atoms with Crippen LogP contribution >= 0.6 is 0 Å². The van der Waals surface area contributed by atoms with E-state index >= 15 is 0 Å². The van der Waals surface area contributed by atoms with E-state index < -0.39 is 6.03 Å². The van der Waals surface area contributed by atoms with Crippen molar-refractivity contribution in [3.05, 3.63) is 24.2 Å². The molecule has 2 heterocycles. The van der Waals surface area contributed by atoms with Crippen molar-refractivity contribution >= 4 is 17.8 Å². The van der Waals surface area contributed by atoms with E-state index in [1.165, 1.54) is 6.26 Å². The highest BCUT2D eigenvalue weighted by Crippen LogP contribution is 2.31. The number of amides is 4. The number of carbonyl (C=O) groups is 3. The largest absolute Gasteiger partial charge is 0.467 e. The highest BCUT2D eigenvalue weighted by molar-refractivity contribution is 5.95. The Balaban J connectivity index is 1.33. The van der Waals surface area contributed by atoms with Crippen molar-refractivity contribution in [1.82, 2.24) is 20.4 Å². The molecule has 130 valence electrons. The summed E-state index contributed by atoms with van der Waals surface area (Å²) < 4.78 is 5.09. The fourth-order valence-corrected chi connectivity index (χ4v) is 2.71. The number of piperazine rings is 1. The quantitative estimate of drug-likeness (QED) is 0.800. The fourth-order valence-electron chi connectivity index (χ4n) is 2.71. The highest BCUT2D eigenvalue weighted by atomic mass is 16.3. The summed E-state index contributed by atoms with van der Waals surface area (Å²) in [6.07, 6.45) is 3.54. The van der Waals surface area contributed by atoms with Crippen LogP contribution in [0.25, 0.3) is 0 Å². The summed E-state index contributed by atoms with van der Waals surface area (Å²) in [6, 6.07) is 2.93. The summed E-state index contributed by atoms with van der Waals surface area (Å²) in [4.78, 5) is 39.4. The first-order valence-electron chi connectivity index (χ1n) is 8.23. The Morgan fingerprint density at radius 2 is 1.92 bits per heavy atom. The van der Waals surface area contributed by atoms with E-state index in [1.807, 2.05) is 9.80 Å². The van der Waals surface area contributed by atoms with Crippen molar-refractivity contribution in [2.45, 2.75) is 19.4 Å². The van der Waals surface area contributed by atoms with Crippen LogP contribution < -0.4 is 10.6 Å². The standard InChI is InChI=1S/C16H22N4O4/c21-14(18-16(23)17-10-13-2-1-9-24-13)11-19-5-7-20(8-6-19)15(22)12-3-4-12/h1-2,9,12H,3-8,10-11H2,(H2,17,18,21,23). The average molecular weight is 334 g/mol. The second-order valence-corrected chi connectivity index (χ2v) is 6.19. The van der Waals surface area contributed by atoms with Crippen molar-refractivity contribution < 1.29 is 18.8 Å². The zero-order chi connectivity index (χ0) is 16.9. The number of nitrogens with one attached hydrogen (secondary N) is 2. The van der Waals surface area contributed by atoms with Gasteiger partial charge in [0.2, 0.25) is 11.8 Å². The SMILES string of the molecule is O=C(CN1CCN(C(=O)C2CC2)CC1)NC(=O)NCc1ccco1. The van der Waals surface area contributed by atoms with Crippen LogP contribution in [0.15, 0.2) is 22.8 Å². The molecule has 0 bridgehead atoms. The van der Waals surface area contributed by atoms with Crippen molar-refractivity contribution in [3.63, 3.8) is 0 Å². The molecule has 0 spiro atoms. The van der Waals surface area contributed by atoms with E-state index in [9.17, 15) is 14.4 Å². The molecule has 1 aliphatic carbocycles. The van der Waals surface area contributed by atoms with Gasteiger partial charge in [-0.1, -0.05) is 0 Å². The lowest BCUT2D eigenvalue weighted by Gasteiger charge is -2.34. The zero-order valence-electron chi connectivity index (χ0n) is 13.5. The molecule has 24 heavy (non-hydrogen) atoms. The smallest absolute Gasteiger partial charge is 0.321 e. The summed E-state index contributed by atoms with van der Waals surface area (Å²) in [7, 11) is 0. The second kappa shape index (κ2) is 7.48. The number of urea groups is 1. The maximum atomic E-state index is 12.0. The molecule has 0 unspecified atom stereocenters. The van der Waals surface area contributed by atoms with Crippen molar-refractivity contribution in [2.75, 3.05) is 32.7 Å². The molecular weight excluding hydrogens is 312 g/mol. The summed E-state index contributed by atoms with van der Waals surface area (Å²) in [5, 5.41) is 4.86. The Labute approximate surface area is 140 Å². The Morgan fingerprint density at radius 3 is 2.54 bits per heavy atom. The number of hydrogen-bond donors (Lipinski definition) is 2. The lowest BCUT2D eigenvalue weighted by Crippen LogP contribution is -2.52. The molecule has 8 heteroatoms. The molecule has 3 rings (SSSR count). The predicted molar refractivity (Wildman–Crippen MR) is 84.8 cm³/mol. The average Bonchev–Trinajstić information content (AvgIpc) is 3.29. The van der Waals surface area contributed by atoms with E-state index in [0.29, 0.717) is 31.9 Å². The summed E-state index contributed by atoms with van der Waals surface area (Å²) in [5.41, 5.74) is 0. The molecule has 1 saturated heterocycles. The molecule has 0 radical (unpaired) electrons. The van der Waals surface area contributed by atoms with Crippen LogP contribution in [0.4, 0.5) is 4.79 Å². The number of rotatable bonds is 5. The topological polar surface area (TPSA) is 94.9 Å². The van der Waals surface area contributed by atoms with Gasteiger partial charge in [-0.15, -0.1) is 0 Å². The van der Waals surface area contributed by atoms with Gasteiger partial charge in [0.25, 0.3) is 0 Å². The Hall–Kier alpha value is -2.35. The van der Waals surface area contributed by atoms with Gasteiger partial charge >= 0.3 is 6.03 Å². The predicted octanol–water partition coefficient (Wildman–Crippen LogP) is 0.160. The first kappa shape index (κ1) is 16.5. The Bertz CT molecular complexity index is 589. The van der Waals surface area contributed by atoms with Crippen LogP contribution in [0.2, 0.25) is 0 Å². The third kappa shape index (κ3) is 4.58. The van der Waals surface area contributed by atoms with E-state index in [1.54, 1.807) is 12.1 Å². The molecule has 0 atom stereocenters. The molecule has 2 N–H and O–H groups in total. The number of hydrogen-bond acceptors (Lipinski definition) is 5. The van der Waals surface area contributed by atoms with E-state index in [2.05, 4.69) is 10.6 Å². The minimum Gasteiger partial charge on any atom is -0.467 e. The number of nitrogens with zero attached hydrogens (tertiary/aromatic N) is 2. The van der Waals surface area contributed by atoms with Gasteiger partial charge in [-0.05, 0) is 25.0 Å². The van der Waals surface area contributed by atoms with Crippen LogP contribution in [0.1, 0.15) is 18.6 Å². The van der Waals surface area contributed by atoms with Crippen molar-refractivity contribution in [3.8, 4) is 0 Å². The molecule has 0 aromatic carbocycles. The summed E-state index contributed by atoms with van der Waals surface area (Å²) in [6.45, 7) is 2.98. The van der Waals surface area contributed by atoms with Gasteiger partial charge in [-0.25, -0.2) is 4.79 Å². The van der Waals surface area contributed by atoms with Gasteiger partial charge in [0.15, 0.2) is 0 Å². The van der Waals surface area contributed by atoms with Gasteiger partial charge in [-0.2, -0.15) is 0 Å². The fraction of sp³-hybridized carbons (Fsp3) is 0.562. The van der Waals surface area contributed by atoms with E-state index in [-0.39, 0.29) is 30.8 Å². The zero-order valence-corrected chi connectivity index (χ0v) is 13.5. The number of carbonyl (C=O) groups excluding carboxylic acids is 3. The first-order valence-corrected chi connectivity index (χ1v) is 8.23. The lowest BCUT2D eigenvalue weighted by molar-refractivity contribution is -0.134. The van der Waals surface area contributed by atoms with Gasteiger partial charge in [0.05, 0.1) is 19.4 Å². The highest BCUT2D eigenvalue weighted by Gasteiger charge is 2.34. The third-order valence-corrected chi connectivity index (χ3v) is 4.23. The van der Waals surface area contributed by atoms with Crippen LogP contribution in [-0.2, 0) is 16.1 Å². The van der Waals surface area contributed by atoms with E-state index in [4.69, 9.17) is 4.42 Å². The molecular formula is C16H22N4O4. The minimum absolute atomic E-state index is 0.152. The number of imide groups is 1. The van der Waals surface area contributed by atoms with Crippen LogP contribution in [-0.4, -0.2) is 60.4 Å². The van der Waals surface area contributed by atoms with Gasteiger partial charge in [0.1, 0.15) is 5.76 Å². The summed E-state index contributed by atoms with van der Waals surface area (Å²) in [5.74, 6) is 0.747. The monoisotopic (exact) mass is 334 g/mol. The molecule has 2 aliphatic rings. The Kier molecular flexibility index (Phi) is 5.14. The van der Waals surface area contributed by atoms with Crippen LogP contribution in [0, 0.1) is 5.92 Å². The molecule has 1 aromatic heterocycles. The molecule has 4 amide bonds. The van der Waals surface area contributed by atoms with E-state index in [0.717, 1.165) is 12.8 Å². The van der Waals surface area contributed by atoms with Crippen LogP contribution in [0.5, 0.6) is 0 Å². The maximum Gasteiger partial charge on any atom is 0.321 e. The molecule has 1 saturated carbocycles. The van der Waals surface area contributed by atoms with Crippen LogP contribution in [0.3, 0.4) is 0 Å².